The van der Waals surface area contributed by atoms with Crippen molar-refractivity contribution in [3.8, 4) is 45.0 Å². The molecule has 0 N–H and O–H groups in total. The van der Waals surface area contributed by atoms with Crippen LogP contribution in [0.3, 0.4) is 0 Å². The number of thiophene rings is 1. The van der Waals surface area contributed by atoms with Gasteiger partial charge < -0.3 is 0 Å². The number of hydrogen-bond acceptors (Lipinski definition) is 5. The average Bonchev–Trinajstić information content (AvgIpc) is 3.59. The van der Waals surface area contributed by atoms with Crippen molar-refractivity contribution in [1.82, 2.24) is 15.0 Å². The van der Waals surface area contributed by atoms with Gasteiger partial charge in [0.1, 0.15) is 0 Å². The van der Waals surface area contributed by atoms with Crippen LogP contribution in [-0.2, 0) is 0 Å². The predicted octanol–water partition coefficient (Wildman–Crippen LogP) is 13.0. The van der Waals surface area contributed by atoms with Gasteiger partial charge in [0.15, 0.2) is 11.6 Å². The lowest BCUT2D eigenvalue weighted by Gasteiger charge is -2.33. The number of benzene rings is 8. The van der Waals surface area contributed by atoms with E-state index in [2.05, 4.69) is 169 Å². The molecular formula is C47H28N4S. The van der Waals surface area contributed by atoms with E-state index in [0.29, 0.717) is 17.6 Å². The fourth-order valence-corrected chi connectivity index (χ4v) is 9.06. The number of fused-ring (bicyclic) bond motifs is 7. The molecule has 52 heavy (non-hydrogen) atoms. The minimum atomic E-state index is 0.581. The Balaban J connectivity index is 1.21. The van der Waals surface area contributed by atoms with Gasteiger partial charge in [0.2, 0.25) is 5.95 Å². The van der Waals surface area contributed by atoms with Crippen LogP contribution < -0.4 is 4.90 Å². The fourth-order valence-electron chi connectivity index (χ4n) is 7.92. The molecule has 0 fully saturated rings. The molecule has 10 aromatic rings. The minimum Gasteiger partial charge on any atom is -0.278 e. The van der Waals surface area contributed by atoms with E-state index in [1.54, 1.807) is 11.3 Å². The minimum absolute atomic E-state index is 0.581. The lowest BCUT2D eigenvalue weighted by atomic mass is 9.88. The summed E-state index contributed by atoms with van der Waals surface area (Å²) >= 11 is 1.80. The van der Waals surface area contributed by atoms with Gasteiger partial charge in [0, 0.05) is 42.2 Å². The van der Waals surface area contributed by atoms with E-state index in [0.717, 1.165) is 33.6 Å². The highest BCUT2D eigenvalue weighted by Crippen LogP contribution is 2.52. The van der Waals surface area contributed by atoms with Gasteiger partial charge in [-0.1, -0.05) is 146 Å². The van der Waals surface area contributed by atoms with Crippen molar-refractivity contribution in [2.45, 2.75) is 0 Å². The first-order valence-electron chi connectivity index (χ1n) is 17.5. The van der Waals surface area contributed by atoms with Gasteiger partial charge in [-0.15, -0.1) is 11.3 Å². The van der Waals surface area contributed by atoms with Gasteiger partial charge in [0.25, 0.3) is 0 Å². The largest absolute Gasteiger partial charge is 0.278 e. The van der Waals surface area contributed by atoms with Crippen molar-refractivity contribution >= 4 is 70.4 Å². The van der Waals surface area contributed by atoms with Crippen LogP contribution in [0, 0.1) is 0 Å². The van der Waals surface area contributed by atoms with E-state index in [-0.39, 0.29) is 0 Å². The Bertz CT molecular complexity index is 3030. The zero-order valence-electron chi connectivity index (χ0n) is 27.9. The zero-order chi connectivity index (χ0) is 34.2. The van der Waals surface area contributed by atoms with Crippen LogP contribution >= 0.6 is 11.3 Å². The smallest absolute Gasteiger partial charge is 0.238 e. The molecule has 2 aromatic heterocycles. The van der Waals surface area contributed by atoms with Crippen LogP contribution in [0.25, 0.3) is 86.7 Å². The highest BCUT2D eigenvalue weighted by molar-refractivity contribution is 7.25. The number of rotatable bonds is 4. The summed E-state index contributed by atoms with van der Waals surface area (Å²) in [7, 11) is 0. The van der Waals surface area contributed by atoms with Gasteiger partial charge in [-0.25, -0.2) is 4.98 Å². The van der Waals surface area contributed by atoms with E-state index in [1.807, 2.05) is 6.07 Å². The Labute approximate surface area is 303 Å². The van der Waals surface area contributed by atoms with Crippen molar-refractivity contribution in [3.05, 3.63) is 170 Å². The predicted molar refractivity (Wildman–Crippen MR) is 218 cm³/mol. The molecule has 0 amide bonds. The molecule has 11 rings (SSSR count). The van der Waals surface area contributed by atoms with Gasteiger partial charge in [-0.2, -0.15) is 9.97 Å². The van der Waals surface area contributed by atoms with Crippen molar-refractivity contribution in [1.29, 1.82) is 0 Å². The van der Waals surface area contributed by atoms with Gasteiger partial charge in [-0.05, 0) is 57.1 Å². The van der Waals surface area contributed by atoms with E-state index in [1.165, 1.54) is 52.8 Å². The Hall–Kier alpha value is -6.69. The summed E-state index contributed by atoms with van der Waals surface area (Å²) in [5, 5.41) is 7.28. The second-order valence-electron chi connectivity index (χ2n) is 13.2. The second kappa shape index (κ2) is 11.4. The van der Waals surface area contributed by atoms with Crippen LogP contribution in [0.15, 0.2) is 170 Å². The van der Waals surface area contributed by atoms with E-state index in [9.17, 15) is 0 Å². The van der Waals surface area contributed by atoms with E-state index >= 15 is 0 Å². The molecule has 3 heterocycles. The van der Waals surface area contributed by atoms with Crippen LogP contribution in [0.1, 0.15) is 0 Å². The van der Waals surface area contributed by atoms with Gasteiger partial charge in [0.05, 0.1) is 11.4 Å². The molecule has 4 nitrogen and oxygen atoms in total. The molecule has 1 aliphatic rings. The van der Waals surface area contributed by atoms with E-state index in [4.69, 9.17) is 15.0 Å². The quantitative estimate of drug-likeness (QED) is 0.186. The summed E-state index contributed by atoms with van der Waals surface area (Å²) in [6.45, 7) is 0. The van der Waals surface area contributed by atoms with Crippen molar-refractivity contribution in [3.63, 3.8) is 0 Å². The third kappa shape index (κ3) is 4.43. The SMILES string of the molecule is c1ccc(-c2ccccc2-c2nc(-c3ccc4c(c3)sc3ccccc34)nc(N3c4ccc5ccccc5c4-c4cccc5cccc3c45)n2)cc1. The molecule has 5 heteroatoms. The lowest BCUT2D eigenvalue weighted by molar-refractivity contribution is 1.02. The molecule has 0 radical (unpaired) electrons. The normalized spacial score (nSPS) is 12.2. The number of anilines is 3. The first-order valence-corrected chi connectivity index (χ1v) is 18.3. The molecule has 0 bridgehead atoms. The highest BCUT2D eigenvalue weighted by Gasteiger charge is 2.30. The van der Waals surface area contributed by atoms with Gasteiger partial charge in [-0.3, -0.25) is 4.90 Å². The number of hydrogen-bond donors (Lipinski definition) is 0. The maximum atomic E-state index is 5.38. The molecule has 0 spiro atoms. The van der Waals surface area contributed by atoms with Gasteiger partial charge >= 0.3 is 0 Å². The molecule has 0 saturated carbocycles. The number of nitrogens with zero attached hydrogens (tertiary/aromatic N) is 4. The maximum absolute atomic E-state index is 5.38. The third-order valence-electron chi connectivity index (χ3n) is 10.3. The summed E-state index contributed by atoms with van der Waals surface area (Å²) in [5.74, 6) is 1.85. The molecule has 8 aromatic carbocycles. The molecule has 1 aliphatic heterocycles. The zero-order valence-corrected chi connectivity index (χ0v) is 28.7. The number of aromatic nitrogens is 3. The molecule has 0 aliphatic carbocycles. The standard InChI is InChI=1S/C47H28N4S/c1-2-12-29(13-3-1)33-17-6-7-20-37(33)46-48-45(32-24-26-36-35-19-8-9-23-41(35)52-42(36)28-32)49-47(50-46)51-39-22-11-16-31-15-10-21-38(43(31)39)44-34-18-5-4-14-30(34)25-27-40(44)51/h1-28H. The molecule has 0 saturated heterocycles. The van der Waals surface area contributed by atoms with Crippen LogP contribution in [0.2, 0.25) is 0 Å². The summed E-state index contributed by atoms with van der Waals surface area (Å²) < 4.78 is 2.48. The first-order chi connectivity index (χ1) is 25.8. The van der Waals surface area contributed by atoms with Crippen molar-refractivity contribution in [2.75, 3.05) is 4.90 Å². The van der Waals surface area contributed by atoms with Crippen molar-refractivity contribution in [2.24, 2.45) is 0 Å². The molecule has 242 valence electrons. The van der Waals surface area contributed by atoms with Crippen LogP contribution in [0.5, 0.6) is 0 Å². The van der Waals surface area contributed by atoms with E-state index < -0.39 is 0 Å². The Morgan fingerprint density at radius 3 is 2.00 bits per heavy atom. The summed E-state index contributed by atoms with van der Waals surface area (Å²) in [5.41, 5.74) is 8.59. The Morgan fingerprint density at radius 2 is 1.10 bits per heavy atom. The summed E-state index contributed by atoms with van der Waals surface area (Å²) in [6, 6.07) is 60.2. The molecule has 0 atom stereocenters. The molecule has 0 unspecified atom stereocenters. The van der Waals surface area contributed by atoms with Crippen LogP contribution in [-0.4, -0.2) is 15.0 Å². The molecular weight excluding hydrogens is 653 g/mol. The van der Waals surface area contributed by atoms with Crippen LogP contribution in [0.4, 0.5) is 17.3 Å². The lowest BCUT2D eigenvalue weighted by Crippen LogP contribution is -2.19. The average molecular weight is 681 g/mol. The Kier molecular flexibility index (Phi) is 6.39. The van der Waals surface area contributed by atoms with Crippen molar-refractivity contribution < 1.29 is 0 Å². The maximum Gasteiger partial charge on any atom is 0.238 e. The summed E-state index contributed by atoms with van der Waals surface area (Å²) in [6.07, 6.45) is 0. The Morgan fingerprint density at radius 1 is 0.404 bits per heavy atom. The fraction of sp³-hybridized carbons (Fsp3) is 0. The first kappa shape index (κ1) is 29.1. The topological polar surface area (TPSA) is 41.9 Å². The third-order valence-corrected chi connectivity index (χ3v) is 11.4. The second-order valence-corrected chi connectivity index (χ2v) is 14.3. The highest BCUT2D eigenvalue weighted by atomic mass is 32.1. The monoisotopic (exact) mass is 680 g/mol. The summed E-state index contributed by atoms with van der Waals surface area (Å²) in [4.78, 5) is 18.3.